The number of carbonyl (C=O) groups is 1. The van der Waals surface area contributed by atoms with E-state index >= 15 is 0 Å². The lowest BCUT2D eigenvalue weighted by atomic mass is 10.2. The van der Waals surface area contributed by atoms with Gasteiger partial charge in [-0.3, -0.25) is 4.79 Å². The molecule has 3 nitrogen and oxygen atoms in total. The molecule has 0 amide bonds. The summed E-state index contributed by atoms with van der Waals surface area (Å²) in [4.78, 5) is 11.4. The molecule has 16 heavy (non-hydrogen) atoms. The lowest BCUT2D eigenvalue weighted by molar-refractivity contribution is -0.146. The van der Waals surface area contributed by atoms with Crippen LogP contribution in [-0.2, 0) is 16.1 Å². The van der Waals surface area contributed by atoms with Gasteiger partial charge < -0.3 is 10.5 Å². The molecule has 0 radical (unpaired) electrons. The number of carbonyl (C=O) groups excluding carboxylic acids is 1. The fourth-order valence-electron chi connectivity index (χ4n) is 1.21. The summed E-state index contributed by atoms with van der Waals surface area (Å²) in [5, 5.41) is 0. The van der Waals surface area contributed by atoms with Gasteiger partial charge in [-0.1, -0.05) is 42.5 Å². The van der Waals surface area contributed by atoms with E-state index in [4.69, 9.17) is 10.5 Å². The third-order valence-corrected chi connectivity index (χ3v) is 2.15. The average molecular weight is 219 g/mol. The molecule has 3 heteroatoms. The van der Waals surface area contributed by atoms with Crippen LogP contribution in [0.1, 0.15) is 18.9 Å². The maximum absolute atomic E-state index is 11.4. The van der Waals surface area contributed by atoms with Crippen molar-refractivity contribution in [1.29, 1.82) is 0 Å². The summed E-state index contributed by atoms with van der Waals surface area (Å²) in [5.74, 6) is -0.359. The van der Waals surface area contributed by atoms with E-state index in [1.807, 2.05) is 49.4 Å². The molecule has 1 aromatic rings. The van der Waals surface area contributed by atoms with E-state index in [1.54, 1.807) is 0 Å². The van der Waals surface area contributed by atoms with Gasteiger partial charge in [0.15, 0.2) is 0 Å². The van der Waals surface area contributed by atoms with Crippen LogP contribution >= 0.6 is 0 Å². The Hall–Kier alpha value is -1.61. The third kappa shape index (κ3) is 4.28. The summed E-state index contributed by atoms with van der Waals surface area (Å²) < 4.78 is 5.09. The van der Waals surface area contributed by atoms with Crippen molar-refractivity contribution in [2.24, 2.45) is 5.73 Å². The zero-order valence-electron chi connectivity index (χ0n) is 9.43. The molecule has 2 N–H and O–H groups in total. The maximum Gasteiger partial charge on any atom is 0.323 e. The maximum atomic E-state index is 11.4. The molecule has 1 aromatic carbocycles. The molecule has 0 aliphatic rings. The zero-order valence-corrected chi connectivity index (χ0v) is 9.43. The van der Waals surface area contributed by atoms with Gasteiger partial charge in [0.25, 0.3) is 0 Å². The van der Waals surface area contributed by atoms with Crippen molar-refractivity contribution in [3.63, 3.8) is 0 Å². The van der Waals surface area contributed by atoms with Crippen molar-refractivity contribution in [3.8, 4) is 0 Å². The molecule has 1 atom stereocenters. The number of ether oxygens (including phenoxy) is 1. The molecule has 1 rings (SSSR count). The first-order chi connectivity index (χ1) is 7.74. The van der Waals surface area contributed by atoms with Gasteiger partial charge in [0.1, 0.15) is 12.6 Å². The summed E-state index contributed by atoms with van der Waals surface area (Å²) in [6, 6.07) is 8.98. The lowest BCUT2D eigenvalue weighted by Crippen LogP contribution is -2.31. The Morgan fingerprint density at radius 2 is 2.12 bits per heavy atom. The second-order valence-corrected chi connectivity index (χ2v) is 3.50. The normalized spacial score (nSPS) is 12.6. The first kappa shape index (κ1) is 12.5. The molecule has 0 aromatic heterocycles. The van der Waals surface area contributed by atoms with Gasteiger partial charge in [0.2, 0.25) is 0 Å². The molecule has 0 heterocycles. The summed E-state index contributed by atoms with van der Waals surface area (Å²) >= 11 is 0. The number of benzene rings is 1. The van der Waals surface area contributed by atoms with Crippen LogP contribution in [0.5, 0.6) is 0 Å². The number of esters is 1. The quantitative estimate of drug-likeness (QED) is 0.609. The van der Waals surface area contributed by atoms with Crippen LogP contribution in [0.2, 0.25) is 0 Å². The van der Waals surface area contributed by atoms with Crippen LogP contribution in [0.25, 0.3) is 0 Å². The average Bonchev–Trinajstić information content (AvgIpc) is 2.34. The predicted molar refractivity (Wildman–Crippen MR) is 63.6 cm³/mol. The van der Waals surface area contributed by atoms with Crippen LogP contribution < -0.4 is 5.73 Å². The molecule has 1 unspecified atom stereocenters. The Balaban J connectivity index is 2.35. The molecule has 0 saturated heterocycles. The number of hydrogen-bond donors (Lipinski definition) is 1. The van der Waals surface area contributed by atoms with Gasteiger partial charge in [-0.15, -0.1) is 0 Å². The standard InChI is InChI=1S/C13H17NO2/c1-2-3-9-12(14)13(15)16-10-11-7-5-4-6-8-11/h2-8,12H,9-10,14H2,1H3. The van der Waals surface area contributed by atoms with Crippen LogP contribution in [0.15, 0.2) is 42.5 Å². The summed E-state index contributed by atoms with van der Waals surface area (Å²) in [6.07, 6.45) is 4.24. The highest BCUT2D eigenvalue weighted by Gasteiger charge is 2.12. The Kier molecular flexibility index (Phi) is 5.29. The van der Waals surface area contributed by atoms with E-state index in [1.165, 1.54) is 0 Å². The Labute approximate surface area is 95.9 Å². The van der Waals surface area contributed by atoms with E-state index in [9.17, 15) is 4.79 Å². The summed E-state index contributed by atoms with van der Waals surface area (Å²) in [7, 11) is 0. The minimum Gasteiger partial charge on any atom is -0.460 e. The first-order valence-corrected chi connectivity index (χ1v) is 5.31. The third-order valence-electron chi connectivity index (χ3n) is 2.15. The van der Waals surface area contributed by atoms with Crippen LogP contribution in [0.3, 0.4) is 0 Å². The van der Waals surface area contributed by atoms with Crippen molar-refractivity contribution in [3.05, 3.63) is 48.0 Å². The predicted octanol–water partition coefficient (Wildman–Crippen LogP) is 2.02. The molecule has 0 spiro atoms. The SMILES string of the molecule is CC=CCC(N)C(=O)OCc1ccccc1. The molecule has 86 valence electrons. The topological polar surface area (TPSA) is 52.3 Å². The van der Waals surface area contributed by atoms with E-state index in [2.05, 4.69) is 0 Å². The number of allylic oxidation sites excluding steroid dienone is 1. The van der Waals surface area contributed by atoms with Crippen molar-refractivity contribution in [2.75, 3.05) is 0 Å². The molecular weight excluding hydrogens is 202 g/mol. The Bertz CT molecular complexity index is 346. The largest absolute Gasteiger partial charge is 0.460 e. The van der Waals surface area contributed by atoms with E-state index < -0.39 is 6.04 Å². The summed E-state index contributed by atoms with van der Waals surface area (Å²) in [5.41, 5.74) is 6.61. The monoisotopic (exact) mass is 219 g/mol. The number of rotatable bonds is 5. The van der Waals surface area contributed by atoms with Crippen molar-refractivity contribution < 1.29 is 9.53 Å². The van der Waals surface area contributed by atoms with Crippen LogP contribution in [0, 0.1) is 0 Å². The van der Waals surface area contributed by atoms with E-state index in [0.717, 1.165) is 5.56 Å². The highest BCUT2D eigenvalue weighted by molar-refractivity contribution is 5.75. The lowest BCUT2D eigenvalue weighted by Gasteiger charge is -2.09. The van der Waals surface area contributed by atoms with Crippen molar-refractivity contribution >= 4 is 5.97 Å². The Morgan fingerprint density at radius 3 is 2.75 bits per heavy atom. The van der Waals surface area contributed by atoms with Crippen LogP contribution in [0.4, 0.5) is 0 Å². The molecule has 0 saturated carbocycles. The van der Waals surface area contributed by atoms with Gasteiger partial charge >= 0.3 is 5.97 Å². The molecule has 0 aliphatic heterocycles. The molecular formula is C13H17NO2. The smallest absolute Gasteiger partial charge is 0.323 e. The van der Waals surface area contributed by atoms with Gasteiger partial charge in [-0.2, -0.15) is 0 Å². The number of hydrogen-bond acceptors (Lipinski definition) is 3. The second-order valence-electron chi connectivity index (χ2n) is 3.50. The molecule has 0 fully saturated rings. The van der Waals surface area contributed by atoms with Gasteiger partial charge in [-0.05, 0) is 18.9 Å². The zero-order chi connectivity index (χ0) is 11.8. The minimum absolute atomic E-state index is 0.281. The fourth-order valence-corrected chi connectivity index (χ4v) is 1.21. The van der Waals surface area contributed by atoms with Gasteiger partial charge in [0.05, 0.1) is 0 Å². The Morgan fingerprint density at radius 1 is 1.44 bits per heavy atom. The first-order valence-electron chi connectivity index (χ1n) is 5.31. The summed E-state index contributed by atoms with van der Waals surface area (Å²) in [6.45, 7) is 2.17. The van der Waals surface area contributed by atoms with Crippen molar-refractivity contribution in [1.82, 2.24) is 0 Å². The highest BCUT2D eigenvalue weighted by atomic mass is 16.5. The van der Waals surface area contributed by atoms with Crippen LogP contribution in [-0.4, -0.2) is 12.0 Å². The van der Waals surface area contributed by atoms with Gasteiger partial charge in [0, 0.05) is 0 Å². The molecule has 0 aliphatic carbocycles. The minimum atomic E-state index is -0.570. The second kappa shape index (κ2) is 6.80. The molecule has 0 bridgehead atoms. The van der Waals surface area contributed by atoms with E-state index in [0.29, 0.717) is 6.42 Å². The highest BCUT2D eigenvalue weighted by Crippen LogP contribution is 2.02. The van der Waals surface area contributed by atoms with Gasteiger partial charge in [-0.25, -0.2) is 0 Å². The van der Waals surface area contributed by atoms with E-state index in [-0.39, 0.29) is 12.6 Å². The number of nitrogens with two attached hydrogens (primary N) is 1. The van der Waals surface area contributed by atoms with Crippen molar-refractivity contribution in [2.45, 2.75) is 26.0 Å². The fraction of sp³-hybridized carbons (Fsp3) is 0.308.